The standard InChI is InChI=1S/C14H31NO3.C5H13N/c1-6-13(2,3)17-11-8-15-9-12-18-14(4,5)7-10-16;1-5(2)3-4-6/h15-16H,6-12H2,1-5H3;5H,3-4,6H2,1-2H3. The fourth-order valence-electron chi connectivity index (χ4n) is 1.70. The molecule has 0 aliphatic carbocycles. The van der Waals surface area contributed by atoms with Gasteiger partial charge in [-0.25, -0.2) is 0 Å². The number of hydrogen-bond donors (Lipinski definition) is 3. The van der Waals surface area contributed by atoms with E-state index in [1.54, 1.807) is 0 Å². The number of nitrogens with one attached hydrogen (secondary N) is 1. The maximum absolute atomic E-state index is 8.86. The van der Waals surface area contributed by atoms with E-state index in [9.17, 15) is 0 Å². The van der Waals surface area contributed by atoms with Crippen molar-refractivity contribution in [2.75, 3.05) is 39.5 Å². The van der Waals surface area contributed by atoms with Gasteiger partial charge in [0.05, 0.1) is 24.4 Å². The Hall–Kier alpha value is -0.200. The molecule has 148 valence electrons. The van der Waals surface area contributed by atoms with Crippen LogP contribution in [0.15, 0.2) is 0 Å². The summed E-state index contributed by atoms with van der Waals surface area (Å²) in [6, 6.07) is 0. The molecule has 5 nitrogen and oxygen atoms in total. The van der Waals surface area contributed by atoms with E-state index < -0.39 is 0 Å². The first kappa shape index (κ1) is 26.0. The molecule has 0 bridgehead atoms. The van der Waals surface area contributed by atoms with E-state index in [0.717, 1.165) is 45.0 Å². The summed E-state index contributed by atoms with van der Waals surface area (Å²) in [5.41, 5.74) is 4.96. The Morgan fingerprint density at radius 1 is 1.00 bits per heavy atom. The summed E-state index contributed by atoms with van der Waals surface area (Å²) in [5.74, 6) is 0.773. The Balaban J connectivity index is 0. The van der Waals surface area contributed by atoms with E-state index in [2.05, 4.69) is 39.9 Å². The van der Waals surface area contributed by atoms with Crippen molar-refractivity contribution < 1.29 is 14.6 Å². The minimum Gasteiger partial charge on any atom is -0.396 e. The van der Waals surface area contributed by atoms with Crippen LogP contribution in [-0.4, -0.2) is 55.8 Å². The number of hydrogen-bond acceptors (Lipinski definition) is 5. The highest BCUT2D eigenvalue weighted by molar-refractivity contribution is 4.68. The van der Waals surface area contributed by atoms with Crippen molar-refractivity contribution >= 4 is 0 Å². The van der Waals surface area contributed by atoms with Gasteiger partial charge in [-0.2, -0.15) is 0 Å². The Morgan fingerprint density at radius 2 is 1.50 bits per heavy atom. The molecule has 0 unspecified atom stereocenters. The van der Waals surface area contributed by atoms with E-state index in [4.69, 9.17) is 20.3 Å². The second-order valence-corrected chi connectivity index (χ2v) is 7.76. The molecule has 0 saturated heterocycles. The van der Waals surface area contributed by atoms with Crippen molar-refractivity contribution in [1.29, 1.82) is 0 Å². The van der Waals surface area contributed by atoms with E-state index in [1.807, 2.05) is 13.8 Å². The lowest BCUT2D eigenvalue weighted by Crippen LogP contribution is -2.33. The summed E-state index contributed by atoms with van der Waals surface area (Å²) in [6.45, 7) is 18.7. The quantitative estimate of drug-likeness (QED) is 0.446. The second kappa shape index (κ2) is 15.1. The fourth-order valence-corrected chi connectivity index (χ4v) is 1.70. The van der Waals surface area contributed by atoms with Crippen molar-refractivity contribution in [3.05, 3.63) is 0 Å². The van der Waals surface area contributed by atoms with Crippen LogP contribution in [0.3, 0.4) is 0 Å². The van der Waals surface area contributed by atoms with Crippen molar-refractivity contribution in [3.8, 4) is 0 Å². The van der Waals surface area contributed by atoms with Crippen LogP contribution in [0.1, 0.15) is 67.7 Å². The predicted molar refractivity (Wildman–Crippen MR) is 103 cm³/mol. The lowest BCUT2D eigenvalue weighted by atomic mass is 10.1. The molecule has 5 heteroatoms. The molecular weight excluding hydrogens is 304 g/mol. The summed E-state index contributed by atoms with van der Waals surface area (Å²) in [5, 5.41) is 12.1. The van der Waals surface area contributed by atoms with Gasteiger partial charge in [-0.05, 0) is 59.4 Å². The Labute approximate surface area is 150 Å². The van der Waals surface area contributed by atoms with Crippen LogP contribution in [-0.2, 0) is 9.47 Å². The zero-order chi connectivity index (χ0) is 19.1. The Morgan fingerprint density at radius 3 is 1.83 bits per heavy atom. The molecule has 0 heterocycles. The van der Waals surface area contributed by atoms with E-state index in [0.29, 0.717) is 13.0 Å². The van der Waals surface area contributed by atoms with Gasteiger partial charge in [0, 0.05) is 19.7 Å². The monoisotopic (exact) mass is 348 g/mol. The molecule has 24 heavy (non-hydrogen) atoms. The van der Waals surface area contributed by atoms with Crippen LogP contribution in [0, 0.1) is 5.92 Å². The van der Waals surface area contributed by atoms with Gasteiger partial charge in [-0.1, -0.05) is 20.8 Å². The SMILES string of the molecule is CC(C)CCN.CCC(C)(C)OCCNCCOC(C)(C)CCO. The number of aliphatic hydroxyl groups is 1. The maximum atomic E-state index is 8.86. The van der Waals surface area contributed by atoms with Crippen molar-refractivity contribution in [3.63, 3.8) is 0 Å². The van der Waals surface area contributed by atoms with Crippen molar-refractivity contribution in [2.24, 2.45) is 11.7 Å². The molecule has 0 radical (unpaired) electrons. The normalized spacial score (nSPS) is 12.2. The van der Waals surface area contributed by atoms with Gasteiger partial charge in [0.15, 0.2) is 0 Å². The molecular formula is C19H44N2O3. The summed E-state index contributed by atoms with van der Waals surface area (Å²) in [6.07, 6.45) is 2.84. The maximum Gasteiger partial charge on any atom is 0.0649 e. The molecule has 0 aliphatic heterocycles. The Kier molecular flexibility index (Phi) is 16.4. The number of nitrogens with two attached hydrogens (primary N) is 1. The number of aliphatic hydroxyl groups excluding tert-OH is 1. The third kappa shape index (κ3) is 19.8. The molecule has 0 spiro atoms. The zero-order valence-corrected chi connectivity index (χ0v) is 17.3. The van der Waals surface area contributed by atoms with Gasteiger partial charge in [0.2, 0.25) is 0 Å². The molecule has 0 rings (SSSR count). The molecule has 0 aromatic rings. The number of ether oxygens (including phenoxy) is 2. The topological polar surface area (TPSA) is 76.7 Å². The zero-order valence-electron chi connectivity index (χ0n) is 17.3. The molecule has 0 saturated carbocycles. The van der Waals surface area contributed by atoms with Gasteiger partial charge in [-0.15, -0.1) is 0 Å². The van der Waals surface area contributed by atoms with Crippen LogP contribution in [0.25, 0.3) is 0 Å². The summed E-state index contributed by atoms with van der Waals surface area (Å²) in [7, 11) is 0. The average Bonchev–Trinajstić information content (AvgIpc) is 2.46. The van der Waals surface area contributed by atoms with Gasteiger partial charge < -0.3 is 25.6 Å². The van der Waals surface area contributed by atoms with Gasteiger partial charge >= 0.3 is 0 Å². The average molecular weight is 349 g/mol. The van der Waals surface area contributed by atoms with Gasteiger partial charge in [-0.3, -0.25) is 0 Å². The minimum atomic E-state index is -0.239. The summed E-state index contributed by atoms with van der Waals surface area (Å²) in [4.78, 5) is 0. The van der Waals surface area contributed by atoms with Crippen LogP contribution < -0.4 is 11.1 Å². The number of rotatable bonds is 13. The summed E-state index contributed by atoms with van der Waals surface area (Å²) >= 11 is 0. The van der Waals surface area contributed by atoms with E-state index >= 15 is 0 Å². The van der Waals surface area contributed by atoms with Crippen LogP contribution in [0.4, 0.5) is 0 Å². The highest BCUT2D eigenvalue weighted by atomic mass is 16.5. The first-order chi connectivity index (χ1) is 11.1. The smallest absolute Gasteiger partial charge is 0.0649 e. The molecule has 0 aromatic heterocycles. The van der Waals surface area contributed by atoms with Gasteiger partial charge in [0.1, 0.15) is 0 Å². The lowest BCUT2D eigenvalue weighted by Gasteiger charge is -2.25. The predicted octanol–water partition coefficient (Wildman–Crippen LogP) is 2.95. The fraction of sp³-hybridized carbons (Fsp3) is 1.00. The van der Waals surface area contributed by atoms with Crippen LogP contribution in [0.2, 0.25) is 0 Å². The van der Waals surface area contributed by atoms with Crippen molar-refractivity contribution in [1.82, 2.24) is 5.32 Å². The van der Waals surface area contributed by atoms with Gasteiger partial charge in [0.25, 0.3) is 0 Å². The summed E-state index contributed by atoms with van der Waals surface area (Å²) < 4.78 is 11.4. The third-order valence-electron chi connectivity index (χ3n) is 3.85. The van der Waals surface area contributed by atoms with Crippen molar-refractivity contribution in [2.45, 2.75) is 78.9 Å². The highest BCUT2D eigenvalue weighted by Gasteiger charge is 2.17. The largest absolute Gasteiger partial charge is 0.396 e. The molecule has 0 aliphatic rings. The first-order valence-electron chi connectivity index (χ1n) is 9.39. The van der Waals surface area contributed by atoms with E-state index in [1.165, 1.54) is 0 Å². The molecule has 0 atom stereocenters. The molecule has 4 N–H and O–H groups in total. The molecule has 0 aromatic carbocycles. The second-order valence-electron chi connectivity index (χ2n) is 7.76. The minimum absolute atomic E-state index is 0.0265. The molecule has 0 amide bonds. The third-order valence-corrected chi connectivity index (χ3v) is 3.85. The highest BCUT2D eigenvalue weighted by Crippen LogP contribution is 2.13. The Bertz CT molecular complexity index is 269. The lowest BCUT2D eigenvalue weighted by molar-refractivity contribution is -0.0340. The van der Waals surface area contributed by atoms with E-state index in [-0.39, 0.29) is 17.8 Å². The van der Waals surface area contributed by atoms with Crippen LogP contribution >= 0.6 is 0 Å². The molecule has 0 fully saturated rings. The van der Waals surface area contributed by atoms with Crippen LogP contribution in [0.5, 0.6) is 0 Å². The first-order valence-corrected chi connectivity index (χ1v) is 9.39.